The number of amides is 2. The molecule has 0 spiro atoms. The van der Waals surface area contributed by atoms with Crippen molar-refractivity contribution in [2.24, 2.45) is 0 Å². The molecule has 3 aromatic heterocycles. The highest BCUT2D eigenvalue weighted by Crippen LogP contribution is 2.49. The number of hydrogen-bond donors (Lipinski definition) is 0. The van der Waals surface area contributed by atoms with Gasteiger partial charge in [0.1, 0.15) is 22.7 Å². The van der Waals surface area contributed by atoms with Crippen molar-refractivity contribution in [3.05, 3.63) is 163 Å². The van der Waals surface area contributed by atoms with E-state index in [1.807, 2.05) is 86.6 Å². The molecule has 9 rings (SSSR count). The van der Waals surface area contributed by atoms with Gasteiger partial charge in [0.15, 0.2) is 0 Å². The lowest BCUT2D eigenvalue weighted by molar-refractivity contribution is -0.120. The molecule has 0 N–H and O–H groups in total. The van der Waals surface area contributed by atoms with Crippen molar-refractivity contribution >= 4 is 39.4 Å². The minimum atomic E-state index is -0.683. The van der Waals surface area contributed by atoms with Crippen molar-refractivity contribution in [2.75, 3.05) is 12.0 Å². The second kappa shape index (κ2) is 11.9. The Kier molecular flexibility index (Phi) is 7.20. The van der Waals surface area contributed by atoms with Gasteiger partial charge < -0.3 is 13.6 Å². The third-order valence-corrected chi connectivity index (χ3v) is 10.3. The van der Waals surface area contributed by atoms with Crippen LogP contribution in [0.1, 0.15) is 39.6 Å². The molecule has 0 radical (unpaired) electrons. The van der Waals surface area contributed by atoms with Gasteiger partial charge in [0.2, 0.25) is 0 Å². The second-order valence-electron chi connectivity index (χ2n) is 13.5. The topological polar surface area (TPSA) is 125 Å². The summed E-state index contributed by atoms with van der Waals surface area (Å²) in [6.45, 7) is 5.59. The van der Waals surface area contributed by atoms with E-state index in [-0.39, 0.29) is 23.4 Å². The maximum atomic E-state index is 15.0. The van der Waals surface area contributed by atoms with E-state index in [2.05, 4.69) is 4.57 Å². The molecule has 1 aliphatic heterocycles. The molecule has 2 aliphatic rings. The normalized spacial score (nSPS) is 15.4. The predicted octanol–water partition coefficient (Wildman–Crippen LogP) is 7.24. The summed E-state index contributed by atoms with van der Waals surface area (Å²) >= 11 is 0. The van der Waals surface area contributed by atoms with Crippen LogP contribution in [0.4, 0.5) is 5.69 Å². The lowest BCUT2D eigenvalue weighted by atomic mass is 9.79. The summed E-state index contributed by atoms with van der Waals surface area (Å²) in [5.41, 5.74) is 6.91. The van der Waals surface area contributed by atoms with E-state index in [1.165, 1.54) is 30.2 Å². The van der Waals surface area contributed by atoms with Crippen LogP contribution in [0.15, 0.2) is 127 Å². The number of benzene rings is 4. The first-order valence-corrected chi connectivity index (χ1v) is 17.1. The lowest BCUT2D eigenvalue weighted by Crippen LogP contribution is -2.32. The SMILES string of the molecule is COc1cc2oc(=O)cc(C)c2cc1N1C(=O)C2=C(C1=O)C(c1ccccc1)c1c(nc(-c3ccccc3)n1-c1cc3c(C)cc(=O)oc3cc1C)C2. The van der Waals surface area contributed by atoms with Gasteiger partial charge in [-0.1, -0.05) is 60.7 Å². The fourth-order valence-electron chi connectivity index (χ4n) is 7.85. The molecule has 4 aromatic carbocycles. The van der Waals surface area contributed by atoms with Gasteiger partial charge in [0.25, 0.3) is 11.8 Å². The summed E-state index contributed by atoms with van der Waals surface area (Å²) in [4.78, 5) is 60.5. The van der Waals surface area contributed by atoms with Crippen LogP contribution in [0, 0.1) is 20.8 Å². The van der Waals surface area contributed by atoms with Crippen LogP contribution in [0.5, 0.6) is 5.75 Å². The number of fused-ring (bicyclic) bond motifs is 3. The Morgan fingerprint density at radius 3 is 1.94 bits per heavy atom. The number of methoxy groups -OCH3 is 1. The Balaban J connectivity index is 1.30. The van der Waals surface area contributed by atoms with Crippen molar-refractivity contribution in [3.63, 3.8) is 0 Å². The van der Waals surface area contributed by atoms with Crippen LogP contribution >= 0.6 is 0 Å². The molecular weight excluding hydrogens is 670 g/mol. The van der Waals surface area contributed by atoms with Crippen molar-refractivity contribution < 1.29 is 23.2 Å². The molecule has 1 unspecified atom stereocenters. The first-order chi connectivity index (χ1) is 25.6. The minimum absolute atomic E-state index is 0.117. The van der Waals surface area contributed by atoms with Gasteiger partial charge in [-0.25, -0.2) is 19.5 Å². The Morgan fingerprint density at radius 2 is 1.30 bits per heavy atom. The van der Waals surface area contributed by atoms with E-state index >= 15 is 0 Å². The molecule has 53 heavy (non-hydrogen) atoms. The molecule has 0 bridgehead atoms. The molecule has 10 nitrogen and oxygen atoms in total. The van der Waals surface area contributed by atoms with Gasteiger partial charge in [-0.2, -0.15) is 0 Å². The number of carbonyl (C=O) groups is 2. The summed E-state index contributed by atoms with van der Waals surface area (Å²) in [5, 5.41) is 1.35. The van der Waals surface area contributed by atoms with E-state index < -0.39 is 29.0 Å². The van der Waals surface area contributed by atoms with Crippen molar-refractivity contribution in [2.45, 2.75) is 33.1 Å². The zero-order chi connectivity index (χ0) is 36.7. The van der Waals surface area contributed by atoms with Crippen LogP contribution in [0.25, 0.3) is 39.0 Å². The van der Waals surface area contributed by atoms with E-state index in [0.29, 0.717) is 39.2 Å². The first kappa shape index (κ1) is 32.1. The van der Waals surface area contributed by atoms with Gasteiger partial charge in [-0.05, 0) is 61.2 Å². The van der Waals surface area contributed by atoms with Gasteiger partial charge in [0.05, 0.1) is 35.8 Å². The summed E-state index contributed by atoms with van der Waals surface area (Å²) in [6, 6.07) is 29.3. The smallest absolute Gasteiger partial charge is 0.336 e. The molecule has 260 valence electrons. The fourth-order valence-corrected chi connectivity index (χ4v) is 7.85. The zero-order valence-corrected chi connectivity index (χ0v) is 29.2. The van der Waals surface area contributed by atoms with Crippen LogP contribution in [-0.4, -0.2) is 28.5 Å². The number of anilines is 1. The molecule has 10 heteroatoms. The summed E-state index contributed by atoms with van der Waals surface area (Å²) in [7, 11) is 1.44. The van der Waals surface area contributed by atoms with Crippen LogP contribution < -0.4 is 20.9 Å². The monoisotopic (exact) mass is 701 g/mol. The number of ether oxygens (including phenoxy) is 1. The van der Waals surface area contributed by atoms with Crippen LogP contribution in [0.2, 0.25) is 0 Å². The number of carbonyl (C=O) groups excluding carboxylic acids is 2. The summed E-state index contributed by atoms with van der Waals surface area (Å²) in [6.07, 6.45) is 0.117. The number of hydrogen-bond acceptors (Lipinski definition) is 8. The standard InChI is InChI=1S/C43H31N3O7/c1-22-16-36(47)52-33-15-24(3)31(19-27(22)33)45-40-30(44-41(45)26-13-9-6-10-14-26)18-29-39(38(40)25-11-7-5-8-12-25)43(50)46(42(29)49)32-20-28-23(2)17-37(48)53-34(28)21-35(32)51-4/h5-17,19-21,38H,18H2,1-4H3. The highest BCUT2D eigenvalue weighted by molar-refractivity contribution is 6.34. The maximum absolute atomic E-state index is 15.0. The third kappa shape index (κ3) is 4.90. The van der Waals surface area contributed by atoms with Crippen LogP contribution in [-0.2, 0) is 16.0 Å². The second-order valence-corrected chi connectivity index (χ2v) is 13.5. The maximum Gasteiger partial charge on any atom is 0.336 e. The highest BCUT2D eigenvalue weighted by Gasteiger charge is 2.49. The molecule has 1 atom stereocenters. The largest absolute Gasteiger partial charge is 0.494 e. The lowest BCUT2D eigenvalue weighted by Gasteiger charge is -2.27. The predicted molar refractivity (Wildman–Crippen MR) is 200 cm³/mol. The Hall–Kier alpha value is -6.81. The molecule has 0 saturated heterocycles. The fraction of sp³-hybridized carbons (Fsp3) is 0.140. The van der Waals surface area contributed by atoms with E-state index in [4.69, 9.17) is 18.6 Å². The quantitative estimate of drug-likeness (QED) is 0.136. The van der Waals surface area contributed by atoms with E-state index in [1.54, 1.807) is 13.0 Å². The van der Waals surface area contributed by atoms with Crippen molar-refractivity contribution in [3.8, 4) is 22.8 Å². The Morgan fingerprint density at radius 1 is 0.698 bits per heavy atom. The van der Waals surface area contributed by atoms with Gasteiger partial charge in [-0.15, -0.1) is 0 Å². The molecule has 0 fully saturated rings. The van der Waals surface area contributed by atoms with Gasteiger partial charge in [0, 0.05) is 52.1 Å². The molecule has 2 amide bonds. The average Bonchev–Trinajstić information content (AvgIpc) is 3.64. The summed E-state index contributed by atoms with van der Waals surface area (Å²) < 4.78 is 18.8. The molecule has 4 heterocycles. The van der Waals surface area contributed by atoms with E-state index in [0.717, 1.165) is 39.0 Å². The van der Waals surface area contributed by atoms with Crippen molar-refractivity contribution in [1.29, 1.82) is 0 Å². The zero-order valence-electron chi connectivity index (χ0n) is 29.2. The summed E-state index contributed by atoms with van der Waals surface area (Å²) in [5.74, 6) is -0.756. The molecular formula is C43H31N3O7. The first-order valence-electron chi connectivity index (χ1n) is 17.1. The Bertz CT molecular complexity index is 2860. The van der Waals surface area contributed by atoms with Crippen LogP contribution in [0.3, 0.4) is 0 Å². The number of imide groups is 1. The third-order valence-electron chi connectivity index (χ3n) is 10.3. The van der Waals surface area contributed by atoms with Gasteiger partial charge >= 0.3 is 11.3 Å². The molecule has 1 aliphatic carbocycles. The van der Waals surface area contributed by atoms with E-state index in [9.17, 15) is 19.2 Å². The number of aromatic nitrogens is 2. The number of aryl methyl sites for hydroxylation is 3. The molecule has 0 saturated carbocycles. The highest BCUT2D eigenvalue weighted by atomic mass is 16.5. The average molecular weight is 702 g/mol. The Labute approximate surface area is 302 Å². The number of rotatable bonds is 5. The van der Waals surface area contributed by atoms with Gasteiger partial charge in [-0.3, -0.25) is 14.2 Å². The molecule has 7 aromatic rings. The number of imidazole rings is 1. The number of nitrogens with zero attached hydrogens (tertiary/aromatic N) is 3. The van der Waals surface area contributed by atoms with Crippen molar-refractivity contribution in [1.82, 2.24) is 9.55 Å². The minimum Gasteiger partial charge on any atom is -0.494 e.